The average Bonchev–Trinajstić information content (AvgIpc) is 2.76. The molecule has 0 aromatic carbocycles. The highest BCUT2D eigenvalue weighted by Gasteiger charge is 2.60. The first-order valence-electron chi connectivity index (χ1n) is 10.0. The zero-order valence-corrected chi connectivity index (χ0v) is 17.0. The van der Waals surface area contributed by atoms with E-state index in [1.807, 2.05) is 9.80 Å². The van der Waals surface area contributed by atoms with Crippen molar-refractivity contribution in [1.29, 1.82) is 0 Å². The van der Waals surface area contributed by atoms with Crippen molar-refractivity contribution in [3.05, 3.63) is 32.6 Å². The Bertz CT molecular complexity index is 964. The van der Waals surface area contributed by atoms with Gasteiger partial charge in [-0.25, -0.2) is 4.79 Å². The second-order valence-corrected chi connectivity index (χ2v) is 8.83. The Morgan fingerprint density at radius 3 is 2.36 bits per heavy atom. The van der Waals surface area contributed by atoms with E-state index in [2.05, 4.69) is 6.92 Å². The molecular formula is C20H28N4O4. The molecule has 0 N–H and O–H groups in total. The molecule has 4 rings (SSSR count). The lowest BCUT2D eigenvalue weighted by Crippen LogP contribution is -2.55. The summed E-state index contributed by atoms with van der Waals surface area (Å²) in [6.45, 7) is 4.33. The first kappa shape index (κ1) is 19.0. The van der Waals surface area contributed by atoms with Gasteiger partial charge in [-0.05, 0) is 19.3 Å². The molecule has 4 atom stereocenters. The van der Waals surface area contributed by atoms with Crippen LogP contribution in [0.1, 0.15) is 56.4 Å². The summed E-state index contributed by atoms with van der Waals surface area (Å²) in [6, 6.07) is 1.32. The van der Waals surface area contributed by atoms with E-state index in [-0.39, 0.29) is 41.0 Å². The smallest absolute Gasteiger partial charge is 0.331 e. The fraction of sp³-hybridized carbons (Fsp3) is 0.700. The minimum atomic E-state index is -0.506. The summed E-state index contributed by atoms with van der Waals surface area (Å²) >= 11 is 0. The van der Waals surface area contributed by atoms with Crippen LogP contribution in [-0.4, -0.2) is 55.4 Å². The van der Waals surface area contributed by atoms with Crippen molar-refractivity contribution in [1.82, 2.24) is 18.9 Å². The van der Waals surface area contributed by atoms with Crippen LogP contribution in [0.25, 0.3) is 0 Å². The van der Waals surface area contributed by atoms with Crippen LogP contribution in [-0.2, 0) is 18.9 Å². The molecule has 0 unspecified atom stereocenters. The third-order valence-electron chi connectivity index (χ3n) is 7.30. The van der Waals surface area contributed by atoms with Crippen LogP contribution in [0.4, 0.5) is 0 Å². The topological polar surface area (TPSA) is 84.6 Å². The van der Waals surface area contributed by atoms with Crippen LogP contribution < -0.4 is 11.2 Å². The lowest BCUT2D eigenvalue weighted by molar-refractivity contribution is -0.136. The molecule has 1 aromatic rings. The van der Waals surface area contributed by atoms with Gasteiger partial charge in [0.25, 0.3) is 11.5 Å². The highest BCUT2D eigenvalue weighted by molar-refractivity contribution is 5.93. The number of hydrogen-bond acceptors (Lipinski definition) is 4. The highest BCUT2D eigenvalue weighted by Crippen LogP contribution is 2.53. The second-order valence-electron chi connectivity index (χ2n) is 8.83. The first-order chi connectivity index (χ1) is 13.2. The van der Waals surface area contributed by atoms with Crippen molar-refractivity contribution >= 4 is 11.8 Å². The molecule has 1 aliphatic carbocycles. The maximum atomic E-state index is 13.6. The SMILES string of the molecule is CC(=O)N1C[C@@H]2C[C@@]3(C)[C@H](CCCC[C@@H]13)N2C(=O)c1cc(=O)n(C)c(=O)n1C. The van der Waals surface area contributed by atoms with Crippen LogP contribution in [0.3, 0.4) is 0 Å². The van der Waals surface area contributed by atoms with E-state index in [0.29, 0.717) is 6.54 Å². The number of aromatic nitrogens is 2. The quantitative estimate of drug-likeness (QED) is 0.700. The third kappa shape index (κ3) is 2.49. The minimum absolute atomic E-state index is 0.0148. The number of piperidine rings is 1. The van der Waals surface area contributed by atoms with Crippen LogP contribution in [0.5, 0.6) is 0 Å². The molecule has 1 saturated carbocycles. The number of amides is 2. The normalized spacial score (nSPS) is 31.6. The largest absolute Gasteiger partial charge is 0.337 e. The Morgan fingerprint density at radius 1 is 1.07 bits per heavy atom. The van der Waals surface area contributed by atoms with Gasteiger partial charge in [-0.2, -0.15) is 0 Å². The van der Waals surface area contributed by atoms with Gasteiger partial charge in [-0.3, -0.25) is 23.5 Å². The number of fused-ring (bicyclic) bond motifs is 1. The number of hydrogen-bond donors (Lipinski definition) is 0. The van der Waals surface area contributed by atoms with Gasteiger partial charge in [0.05, 0.1) is 6.04 Å². The molecular weight excluding hydrogens is 360 g/mol. The molecule has 8 heteroatoms. The maximum Gasteiger partial charge on any atom is 0.331 e. The van der Waals surface area contributed by atoms with Gasteiger partial charge in [0.15, 0.2) is 0 Å². The van der Waals surface area contributed by atoms with Gasteiger partial charge >= 0.3 is 5.69 Å². The van der Waals surface area contributed by atoms with Gasteiger partial charge in [-0.15, -0.1) is 0 Å². The van der Waals surface area contributed by atoms with Crippen molar-refractivity contribution in [2.24, 2.45) is 19.5 Å². The molecule has 0 radical (unpaired) electrons. The molecule has 2 bridgehead atoms. The molecule has 8 nitrogen and oxygen atoms in total. The van der Waals surface area contributed by atoms with Gasteiger partial charge in [0, 0.05) is 51.1 Å². The predicted molar refractivity (Wildman–Crippen MR) is 103 cm³/mol. The summed E-state index contributed by atoms with van der Waals surface area (Å²) in [6.07, 6.45) is 4.76. The predicted octanol–water partition coefficient (Wildman–Crippen LogP) is 0.478. The molecule has 3 fully saturated rings. The summed E-state index contributed by atoms with van der Waals surface area (Å²) in [5, 5.41) is 0. The summed E-state index contributed by atoms with van der Waals surface area (Å²) in [5.74, 6) is -0.223. The Labute approximate surface area is 163 Å². The Morgan fingerprint density at radius 2 is 1.71 bits per heavy atom. The molecule has 2 saturated heterocycles. The lowest BCUT2D eigenvalue weighted by atomic mass is 9.71. The summed E-state index contributed by atoms with van der Waals surface area (Å²) in [7, 11) is 2.93. The minimum Gasteiger partial charge on any atom is -0.337 e. The van der Waals surface area contributed by atoms with Crippen molar-refractivity contribution in [3.63, 3.8) is 0 Å². The van der Waals surface area contributed by atoms with Crippen molar-refractivity contribution < 1.29 is 9.59 Å². The van der Waals surface area contributed by atoms with E-state index >= 15 is 0 Å². The molecule has 2 aliphatic heterocycles. The van der Waals surface area contributed by atoms with Crippen LogP contribution in [0.2, 0.25) is 0 Å². The van der Waals surface area contributed by atoms with Crippen molar-refractivity contribution in [2.45, 2.75) is 64.1 Å². The highest BCUT2D eigenvalue weighted by atomic mass is 16.2. The van der Waals surface area contributed by atoms with E-state index in [1.165, 1.54) is 24.7 Å². The van der Waals surface area contributed by atoms with E-state index < -0.39 is 11.2 Å². The molecule has 1 aromatic heterocycles. The molecule has 0 spiro atoms. The van der Waals surface area contributed by atoms with Gasteiger partial charge in [0.2, 0.25) is 5.91 Å². The van der Waals surface area contributed by atoms with Crippen molar-refractivity contribution in [3.8, 4) is 0 Å². The molecule has 3 aliphatic rings. The monoisotopic (exact) mass is 388 g/mol. The summed E-state index contributed by atoms with van der Waals surface area (Å²) in [4.78, 5) is 54.2. The maximum absolute atomic E-state index is 13.6. The van der Waals surface area contributed by atoms with Crippen molar-refractivity contribution in [2.75, 3.05) is 6.54 Å². The second kappa shape index (κ2) is 6.32. The number of likely N-dealkylation sites (tertiary alicyclic amines) is 2. The van der Waals surface area contributed by atoms with E-state index in [4.69, 9.17) is 0 Å². The fourth-order valence-electron chi connectivity index (χ4n) is 5.89. The van der Waals surface area contributed by atoms with Gasteiger partial charge in [-0.1, -0.05) is 19.8 Å². The Balaban J connectivity index is 1.81. The summed E-state index contributed by atoms with van der Waals surface area (Å²) in [5.41, 5.74) is -1.02. The van der Waals surface area contributed by atoms with Gasteiger partial charge in [0.1, 0.15) is 5.69 Å². The van der Waals surface area contributed by atoms with Gasteiger partial charge < -0.3 is 9.80 Å². The van der Waals surface area contributed by atoms with E-state index in [0.717, 1.165) is 36.7 Å². The Kier molecular flexibility index (Phi) is 4.28. The molecule has 152 valence electrons. The van der Waals surface area contributed by atoms with E-state index in [1.54, 1.807) is 6.92 Å². The first-order valence-corrected chi connectivity index (χ1v) is 10.0. The zero-order chi connectivity index (χ0) is 20.4. The fourth-order valence-corrected chi connectivity index (χ4v) is 5.89. The number of carbonyl (C=O) groups is 2. The third-order valence-corrected chi connectivity index (χ3v) is 7.30. The molecule has 28 heavy (non-hydrogen) atoms. The van der Waals surface area contributed by atoms with E-state index in [9.17, 15) is 19.2 Å². The zero-order valence-electron chi connectivity index (χ0n) is 17.0. The lowest BCUT2D eigenvalue weighted by Gasteiger charge is -2.46. The molecule has 2 amide bonds. The van der Waals surface area contributed by atoms with Crippen LogP contribution >= 0.6 is 0 Å². The average molecular weight is 388 g/mol. The summed E-state index contributed by atoms with van der Waals surface area (Å²) < 4.78 is 2.25. The number of carbonyl (C=O) groups excluding carboxylic acids is 2. The van der Waals surface area contributed by atoms with Crippen LogP contribution in [0, 0.1) is 5.41 Å². The standard InChI is InChI=1S/C20H28N4O4/c1-12(25)23-11-13-10-20(2)15(23)7-5-6-8-16(20)24(13)18(27)14-9-17(26)22(4)19(28)21(14)3/h9,13,15-16H,5-8,10-11H2,1-4H3/t13-,15+,16-,20+/m0/s1. The molecule has 3 heterocycles. The number of rotatable bonds is 1. The van der Waals surface area contributed by atoms with Crippen LogP contribution in [0.15, 0.2) is 15.7 Å². The number of nitrogens with zero attached hydrogens (tertiary/aromatic N) is 4. The Hall–Kier alpha value is -2.38.